The van der Waals surface area contributed by atoms with Crippen LogP contribution in [0.4, 0.5) is 0 Å². The third-order valence-electron chi connectivity index (χ3n) is 10.6. The van der Waals surface area contributed by atoms with Crippen molar-refractivity contribution < 1.29 is 27.5 Å². The van der Waals surface area contributed by atoms with Crippen LogP contribution in [0.1, 0.15) is 85.7 Å². The van der Waals surface area contributed by atoms with Gasteiger partial charge in [0.25, 0.3) is 5.91 Å². The van der Waals surface area contributed by atoms with Gasteiger partial charge in [-0.1, -0.05) is 37.5 Å². The first-order valence-corrected chi connectivity index (χ1v) is 17.9. The molecule has 3 aromatic rings. The van der Waals surface area contributed by atoms with E-state index in [-0.39, 0.29) is 29.6 Å². The van der Waals surface area contributed by atoms with Gasteiger partial charge in [-0.05, 0) is 62.8 Å². The maximum atomic E-state index is 14.7. The van der Waals surface area contributed by atoms with Gasteiger partial charge in [-0.15, -0.1) is 0 Å². The lowest BCUT2D eigenvalue weighted by atomic mass is 9.81. The van der Waals surface area contributed by atoms with Crippen LogP contribution in [0.25, 0.3) is 22.2 Å². The maximum absolute atomic E-state index is 14.7. The molecule has 7 rings (SSSR count). The van der Waals surface area contributed by atoms with Crippen LogP contribution in [-0.2, 0) is 26.3 Å². The summed E-state index contributed by atoms with van der Waals surface area (Å²) in [7, 11) is 0.485. The SMILES string of the molecule is COc1cccc2c1C1CC1(C(=O)N1C[C@@H](C)O[C@@H](C)C1)Cn1c-2c(C2CCCCC2)c2ccc(C(=O)NS(=O)(=O)N(C)C)cc21. The zero-order chi connectivity index (χ0) is 32.5. The molecule has 1 N–H and O–H groups in total. The summed E-state index contributed by atoms with van der Waals surface area (Å²) in [6.07, 6.45) is 6.29. The van der Waals surface area contributed by atoms with E-state index >= 15 is 0 Å². The number of benzene rings is 2. The number of carbonyl (C=O) groups excluding carboxylic acids is 2. The lowest BCUT2D eigenvalue weighted by molar-refractivity contribution is -0.149. The Morgan fingerprint density at radius 1 is 1.02 bits per heavy atom. The zero-order valence-corrected chi connectivity index (χ0v) is 28.2. The van der Waals surface area contributed by atoms with E-state index in [2.05, 4.69) is 15.4 Å². The quantitative estimate of drug-likeness (QED) is 0.402. The average molecular weight is 649 g/mol. The third-order valence-corrected chi connectivity index (χ3v) is 12.0. The van der Waals surface area contributed by atoms with Crippen LogP contribution in [0.15, 0.2) is 36.4 Å². The highest BCUT2D eigenvalue weighted by Gasteiger charge is 2.64. The molecule has 3 heterocycles. The molecule has 2 amide bonds. The summed E-state index contributed by atoms with van der Waals surface area (Å²) >= 11 is 0. The first-order chi connectivity index (χ1) is 21.9. The molecule has 0 spiro atoms. The molecule has 4 atom stereocenters. The number of ether oxygens (including phenoxy) is 2. The lowest BCUT2D eigenvalue weighted by Crippen LogP contribution is -2.51. The number of morpholine rings is 1. The Morgan fingerprint density at radius 3 is 2.41 bits per heavy atom. The van der Waals surface area contributed by atoms with Crippen molar-refractivity contribution in [2.75, 3.05) is 34.3 Å². The van der Waals surface area contributed by atoms with E-state index in [1.54, 1.807) is 13.2 Å². The molecule has 0 bridgehead atoms. The van der Waals surface area contributed by atoms with Crippen molar-refractivity contribution in [2.45, 2.75) is 83.0 Å². The average Bonchev–Trinajstić information content (AvgIpc) is 3.69. The topological polar surface area (TPSA) is 110 Å². The summed E-state index contributed by atoms with van der Waals surface area (Å²) in [5.74, 6) is 0.569. The van der Waals surface area contributed by atoms with Crippen molar-refractivity contribution in [3.8, 4) is 17.0 Å². The summed E-state index contributed by atoms with van der Waals surface area (Å²) in [6, 6.07) is 11.7. The van der Waals surface area contributed by atoms with Crippen molar-refractivity contribution >= 4 is 32.9 Å². The molecule has 2 aromatic carbocycles. The second kappa shape index (κ2) is 11.4. The van der Waals surface area contributed by atoms with Gasteiger partial charge in [0.15, 0.2) is 0 Å². The summed E-state index contributed by atoms with van der Waals surface area (Å²) in [5.41, 5.74) is 4.95. The fourth-order valence-electron chi connectivity index (χ4n) is 8.44. The molecule has 0 radical (unpaired) electrons. The fraction of sp³-hybridized carbons (Fsp3) is 0.543. The van der Waals surface area contributed by atoms with Gasteiger partial charge >= 0.3 is 10.2 Å². The van der Waals surface area contributed by atoms with Crippen LogP contribution < -0.4 is 9.46 Å². The van der Waals surface area contributed by atoms with E-state index in [0.717, 1.165) is 63.5 Å². The molecule has 4 aliphatic rings. The van der Waals surface area contributed by atoms with Gasteiger partial charge in [-0.25, -0.2) is 4.72 Å². The van der Waals surface area contributed by atoms with E-state index in [1.165, 1.54) is 26.1 Å². The zero-order valence-electron chi connectivity index (χ0n) is 27.3. The number of rotatable bonds is 6. The molecule has 1 aromatic heterocycles. The molecule has 10 nitrogen and oxygen atoms in total. The van der Waals surface area contributed by atoms with Gasteiger partial charge in [0.2, 0.25) is 5.91 Å². The van der Waals surface area contributed by atoms with Gasteiger partial charge in [0.1, 0.15) is 5.75 Å². The molecule has 46 heavy (non-hydrogen) atoms. The first kappa shape index (κ1) is 31.2. The second-order valence-corrected chi connectivity index (χ2v) is 15.8. The number of hydrogen-bond donors (Lipinski definition) is 1. The Hall–Kier alpha value is -3.41. The molecular formula is C35H44N4O6S. The summed E-state index contributed by atoms with van der Waals surface area (Å²) in [5, 5.41) is 1.05. The van der Waals surface area contributed by atoms with Crippen LogP contribution in [-0.4, -0.2) is 80.5 Å². The van der Waals surface area contributed by atoms with Gasteiger partial charge < -0.3 is 18.9 Å². The third kappa shape index (κ3) is 5.02. The standard InChI is InChI=1S/C35H44N4O6S/c1-21-18-38(19-22(2)45-21)34(41)35-17-27(35)31-26(12-9-13-29(31)44-5)32-30(23-10-7-6-8-11-23)25-15-14-24(16-28(25)39(32)20-35)33(40)36-46(42,43)37(3)4/h9,12-16,21-23,27H,6-8,10-11,17-20H2,1-5H3,(H,36,40)/t21-,22+,27?,35?. The predicted octanol–water partition coefficient (Wildman–Crippen LogP) is 5.02. The highest BCUT2D eigenvalue weighted by atomic mass is 32.2. The van der Waals surface area contributed by atoms with Crippen LogP contribution in [0.5, 0.6) is 5.75 Å². The minimum Gasteiger partial charge on any atom is -0.496 e. The molecule has 246 valence electrons. The lowest BCUT2D eigenvalue weighted by Gasteiger charge is -2.37. The minimum atomic E-state index is -3.97. The van der Waals surface area contributed by atoms with Crippen molar-refractivity contribution in [1.82, 2.24) is 18.5 Å². The van der Waals surface area contributed by atoms with E-state index in [4.69, 9.17) is 9.47 Å². The number of nitrogens with one attached hydrogen (secondary N) is 1. The Bertz CT molecular complexity index is 1820. The highest BCUT2D eigenvalue weighted by molar-refractivity contribution is 7.87. The summed E-state index contributed by atoms with van der Waals surface area (Å²) < 4.78 is 42.5. The number of nitrogens with zero attached hydrogens (tertiary/aromatic N) is 3. The predicted molar refractivity (Wildman–Crippen MR) is 176 cm³/mol. The van der Waals surface area contributed by atoms with Crippen LogP contribution >= 0.6 is 0 Å². The molecule has 11 heteroatoms. The van der Waals surface area contributed by atoms with Gasteiger partial charge in [0.05, 0.1) is 30.4 Å². The van der Waals surface area contributed by atoms with Crippen LogP contribution in [0.3, 0.4) is 0 Å². The van der Waals surface area contributed by atoms with Crippen molar-refractivity contribution in [3.63, 3.8) is 0 Å². The van der Waals surface area contributed by atoms with Crippen molar-refractivity contribution in [3.05, 3.63) is 53.1 Å². The number of aromatic nitrogens is 1. The Morgan fingerprint density at radius 2 is 1.74 bits per heavy atom. The maximum Gasteiger partial charge on any atom is 0.303 e. The Labute approximate surface area is 271 Å². The second-order valence-electron chi connectivity index (χ2n) is 13.9. The number of fused-ring (bicyclic) bond motifs is 7. The van der Waals surface area contributed by atoms with Gasteiger partial charge in [0, 0.05) is 67.2 Å². The smallest absolute Gasteiger partial charge is 0.303 e. The molecule has 1 saturated heterocycles. The van der Waals surface area contributed by atoms with Crippen LogP contribution in [0.2, 0.25) is 0 Å². The minimum absolute atomic E-state index is 0.00882. The van der Waals surface area contributed by atoms with E-state index < -0.39 is 21.5 Å². The van der Waals surface area contributed by atoms with Crippen molar-refractivity contribution in [1.29, 1.82) is 0 Å². The van der Waals surface area contributed by atoms with Gasteiger partial charge in [-0.3, -0.25) is 9.59 Å². The largest absolute Gasteiger partial charge is 0.496 e. The number of carbonyl (C=O) groups is 2. The highest BCUT2D eigenvalue weighted by Crippen LogP contribution is 2.67. The molecule has 2 aliphatic heterocycles. The summed E-state index contributed by atoms with van der Waals surface area (Å²) in [6.45, 7) is 5.59. The molecule has 2 saturated carbocycles. The fourth-order valence-corrected chi connectivity index (χ4v) is 8.97. The van der Waals surface area contributed by atoms with Gasteiger partial charge in [-0.2, -0.15) is 12.7 Å². The molecular weight excluding hydrogens is 604 g/mol. The van der Waals surface area contributed by atoms with E-state index in [0.29, 0.717) is 32.0 Å². The number of amides is 2. The summed E-state index contributed by atoms with van der Waals surface area (Å²) in [4.78, 5) is 30.0. The number of methoxy groups -OCH3 is 1. The van der Waals surface area contributed by atoms with Crippen molar-refractivity contribution in [2.24, 2.45) is 5.41 Å². The van der Waals surface area contributed by atoms with Crippen LogP contribution in [0, 0.1) is 5.41 Å². The monoisotopic (exact) mass is 648 g/mol. The molecule has 2 unspecified atom stereocenters. The number of hydrogen-bond acceptors (Lipinski definition) is 6. The Kier molecular flexibility index (Phi) is 7.72. The van der Waals surface area contributed by atoms with E-state index in [1.807, 2.05) is 43.0 Å². The Balaban J connectivity index is 1.44. The first-order valence-electron chi connectivity index (χ1n) is 16.5. The molecule has 2 aliphatic carbocycles. The molecule has 3 fully saturated rings. The normalized spacial score (nSPS) is 26.2. The van der Waals surface area contributed by atoms with E-state index in [9.17, 15) is 18.0 Å².